The smallest absolute Gasteiger partial charge is 0.137 e. The fraction of sp³-hybridized carbons (Fsp3) is 0.625. The van der Waals surface area contributed by atoms with Crippen molar-refractivity contribution >= 4 is 11.6 Å². The zero-order valence-electron chi connectivity index (χ0n) is 25.3. The SMILES string of the molecule is C=C(CC(C)C1(C)OC1C(C)C(C)CC(C)(NC)C(/C=C/C=C(\C)Cc1ccc(Cl)c(OC)c1)OC)NC. The van der Waals surface area contributed by atoms with Crippen LogP contribution in [0.15, 0.2) is 54.3 Å². The molecule has 1 aromatic rings. The summed E-state index contributed by atoms with van der Waals surface area (Å²) in [5.74, 6) is 1.99. The molecule has 7 atom stereocenters. The molecular weight excluding hydrogens is 496 g/mol. The molecule has 2 N–H and O–H groups in total. The number of allylic oxidation sites excluding steroid dienone is 4. The van der Waals surface area contributed by atoms with E-state index in [1.165, 1.54) is 11.1 Å². The molecule has 0 radical (unpaired) electrons. The summed E-state index contributed by atoms with van der Waals surface area (Å²) in [4.78, 5) is 0. The number of ether oxygens (including phenoxy) is 3. The first-order chi connectivity index (χ1) is 17.8. The molecule has 1 fully saturated rings. The molecule has 0 aromatic heterocycles. The van der Waals surface area contributed by atoms with Gasteiger partial charge < -0.3 is 24.8 Å². The first-order valence-corrected chi connectivity index (χ1v) is 14.1. The first-order valence-electron chi connectivity index (χ1n) is 13.8. The fourth-order valence-electron chi connectivity index (χ4n) is 5.52. The van der Waals surface area contributed by atoms with Crippen molar-refractivity contribution < 1.29 is 14.2 Å². The number of benzene rings is 1. The van der Waals surface area contributed by atoms with Crippen LogP contribution < -0.4 is 15.4 Å². The Labute approximate surface area is 237 Å². The Hall–Kier alpha value is -1.79. The maximum absolute atomic E-state index is 6.33. The number of hydrogen-bond acceptors (Lipinski definition) is 5. The molecule has 0 aliphatic carbocycles. The number of nitrogens with one attached hydrogen (secondary N) is 2. The van der Waals surface area contributed by atoms with Gasteiger partial charge in [0, 0.05) is 25.4 Å². The van der Waals surface area contributed by atoms with Gasteiger partial charge in [-0.05, 0) is 82.5 Å². The fourth-order valence-corrected chi connectivity index (χ4v) is 5.71. The van der Waals surface area contributed by atoms with Gasteiger partial charge in [-0.2, -0.15) is 0 Å². The lowest BCUT2D eigenvalue weighted by Gasteiger charge is -2.38. The van der Waals surface area contributed by atoms with Crippen LogP contribution >= 0.6 is 11.6 Å². The van der Waals surface area contributed by atoms with E-state index in [-0.39, 0.29) is 23.3 Å². The lowest BCUT2D eigenvalue weighted by atomic mass is 9.75. The third-order valence-corrected chi connectivity index (χ3v) is 9.02. The monoisotopic (exact) mass is 546 g/mol. The minimum Gasteiger partial charge on any atom is -0.495 e. The van der Waals surface area contributed by atoms with E-state index in [0.29, 0.717) is 28.5 Å². The van der Waals surface area contributed by atoms with Gasteiger partial charge in [-0.25, -0.2) is 0 Å². The van der Waals surface area contributed by atoms with Gasteiger partial charge in [-0.1, -0.05) is 68.8 Å². The van der Waals surface area contributed by atoms with Crippen LogP contribution in [-0.4, -0.2) is 51.7 Å². The molecule has 6 heteroatoms. The normalized spacial score (nSPS) is 24.4. The Kier molecular flexibility index (Phi) is 12.0. The third-order valence-electron chi connectivity index (χ3n) is 8.71. The van der Waals surface area contributed by atoms with Crippen molar-refractivity contribution in [2.75, 3.05) is 28.3 Å². The van der Waals surface area contributed by atoms with E-state index in [2.05, 4.69) is 77.0 Å². The van der Waals surface area contributed by atoms with Crippen LogP contribution in [0.2, 0.25) is 5.02 Å². The molecule has 5 nitrogen and oxygen atoms in total. The van der Waals surface area contributed by atoms with Crippen molar-refractivity contribution in [3.63, 3.8) is 0 Å². The molecule has 7 unspecified atom stereocenters. The van der Waals surface area contributed by atoms with E-state index in [0.717, 1.165) is 25.0 Å². The zero-order chi connectivity index (χ0) is 28.7. The van der Waals surface area contributed by atoms with E-state index in [1.54, 1.807) is 14.2 Å². The second-order valence-electron chi connectivity index (χ2n) is 11.6. The number of halogens is 1. The van der Waals surface area contributed by atoms with Crippen LogP contribution in [0, 0.1) is 17.8 Å². The quantitative estimate of drug-likeness (QED) is 0.173. The number of hydrogen-bond donors (Lipinski definition) is 2. The summed E-state index contributed by atoms with van der Waals surface area (Å²) < 4.78 is 17.7. The lowest BCUT2D eigenvalue weighted by molar-refractivity contribution is 0.0447. The Morgan fingerprint density at radius 1 is 1.26 bits per heavy atom. The van der Waals surface area contributed by atoms with Crippen molar-refractivity contribution in [1.29, 1.82) is 0 Å². The molecule has 1 aliphatic rings. The van der Waals surface area contributed by atoms with Gasteiger partial charge >= 0.3 is 0 Å². The summed E-state index contributed by atoms with van der Waals surface area (Å²) in [5, 5.41) is 7.36. The molecule has 1 heterocycles. The van der Waals surface area contributed by atoms with Crippen molar-refractivity contribution in [2.24, 2.45) is 17.8 Å². The van der Waals surface area contributed by atoms with Gasteiger partial charge in [-0.15, -0.1) is 0 Å². The Morgan fingerprint density at radius 2 is 1.95 bits per heavy atom. The Balaban J connectivity index is 2.03. The number of epoxide rings is 1. The first kappa shape index (κ1) is 32.4. The molecule has 0 saturated carbocycles. The summed E-state index contributed by atoms with van der Waals surface area (Å²) in [7, 11) is 7.38. The molecule has 214 valence electrons. The average molecular weight is 547 g/mol. The highest BCUT2D eigenvalue weighted by Gasteiger charge is 2.58. The molecule has 1 saturated heterocycles. The Morgan fingerprint density at radius 3 is 2.53 bits per heavy atom. The number of likely N-dealkylation sites (N-methyl/N-ethyl adjacent to an activating group) is 1. The maximum Gasteiger partial charge on any atom is 0.137 e. The molecule has 1 aliphatic heterocycles. The standard InChI is InChI=1S/C32H51ClN2O3/c1-21(17-26-15-16-27(33)28(19-26)36-10)13-12-14-29(37-11)31(6,35-9)20-22(2)25(5)30-32(7,38-30)23(3)18-24(4)34-8/h12-16,19,22-23,25,29-30,34-35H,4,17-18,20H2,1-3,5-11H3/b14-12+,21-13+. The minimum absolute atomic E-state index is 0.0776. The van der Waals surface area contributed by atoms with Gasteiger partial charge in [0.15, 0.2) is 0 Å². The third kappa shape index (κ3) is 8.11. The zero-order valence-corrected chi connectivity index (χ0v) is 26.0. The van der Waals surface area contributed by atoms with Crippen LogP contribution in [-0.2, 0) is 15.9 Å². The largest absolute Gasteiger partial charge is 0.495 e. The van der Waals surface area contributed by atoms with Crippen LogP contribution in [0.3, 0.4) is 0 Å². The molecule has 1 aromatic carbocycles. The molecule has 0 spiro atoms. The summed E-state index contributed by atoms with van der Waals surface area (Å²) in [5.41, 5.74) is 3.15. The van der Waals surface area contributed by atoms with Crippen molar-refractivity contribution in [1.82, 2.24) is 10.6 Å². The van der Waals surface area contributed by atoms with Gasteiger partial charge in [0.25, 0.3) is 0 Å². The second-order valence-corrected chi connectivity index (χ2v) is 12.0. The minimum atomic E-state index is -0.221. The van der Waals surface area contributed by atoms with Crippen molar-refractivity contribution in [3.05, 3.63) is 64.9 Å². The van der Waals surface area contributed by atoms with Crippen LogP contribution in [0.25, 0.3) is 0 Å². The van der Waals surface area contributed by atoms with E-state index >= 15 is 0 Å². The predicted octanol–water partition coefficient (Wildman–Crippen LogP) is 6.97. The van der Waals surface area contributed by atoms with E-state index in [4.69, 9.17) is 25.8 Å². The van der Waals surface area contributed by atoms with E-state index in [9.17, 15) is 0 Å². The van der Waals surface area contributed by atoms with Crippen molar-refractivity contribution in [3.8, 4) is 5.75 Å². The van der Waals surface area contributed by atoms with Crippen molar-refractivity contribution in [2.45, 2.75) is 84.2 Å². The van der Waals surface area contributed by atoms with Crippen LogP contribution in [0.4, 0.5) is 0 Å². The highest BCUT2D eigenvalue weighted by atomic mass is 35.5. The van der Waals surface area contributed by atoms with Gasteiger partial charge in [0.2, 0.25) is 0 Å². The number of rotatable bonds is 16. The van der Waals surface area contributed by atoms with Gasteiger partial charge in [0.05, 0.1) is 29.9 Å². The lowest BCUT2D eigenvalue weighted by Crippen LogP contribution is -2.52. The van der Waals surface area contributed by atoms with Gasteiger partial charge in [0.1, 0.15) is 5.75 Å². The Bertz CT molecular complexity index is 993. The second kappa shape index (κ2) is 14.0. The molecule has 0 bridgehead atoms. The molecular formula is C32H51ClN2O3. The molecule has 0 amide bonds. The number of methoxy groups -OCH3 is 2. The maximum atomic E-state index is 6.33. The summed E-state index contributed by atoms with van der Waals surface area (Å²) in [6, 6.07) is 5.92. The van der Waals surface area contributed by atoms with E-state index < -0.39 is 0 Å². The average Bonchev–Trinajstić information content (AvgIpc) is 3.59. The molecule has 38 heavy (non-hydrogen) atoms. The molecule has 2 rings (SSSR count). The van der Waals surface area contributed by atoms with Gasteiger partial charge in [-0.3, -0.25) is 0 Å². The highest BCUT2D eigenvalue weighted by Crippen LogP contribution is 2.50. The predicted molar refractivity (Wildman–Crippen MR) is 161 cm³/mol. The topological polar surface area (TPSA) is 55.0 Å². The summed E-state index contributed by atoms with van der Waals surface area (Å²) in [6.45, 7) is 17.7. The highest BCUT2D eigenvalue weighted by molar-refractivity contribution is 6.32. The van der Waals surface area contributed by atoms with Crippen LogP contribution in [0.5, 0.6) is 5.75 Å². The summed E-state index contributed by atoms with van der Waals surface area (Å²) in [6.07, 6.45) is 9.31. The van der Waals surface area contributed by atoms with Crippen LogP contribution in [0.1, 0.15) is 59.9 Å². The summed E-state index contributed by atoms with van der Waals surface area (Å²) >= 11 is 6.17. The van der Waals surface area contributed by atoms with E-state index in [1.807, 2.05) is 32.3 Å².